The summed E-state index contributed by atoms with van der Waals surface area (Å²) in [6, 6.07) is -1.02. The molecule has 0 aromatic rings. The Balaban J connectivity index is 2.97. The van der Waals surface area contributed by atoms with Gasteiger partial charge >= 0.3 is 5.97 Å². The van der Waals surface area contributed by atoms with Gasteiger partial charge in [0.05, 0.1) is 4.86 Å². The molecule has 0 amide bonds. The number of carbonyl (C=O) groups is 1. The predicted molar refractivity (Wildman–Crippen MR) is 42.6 cm³/mol. The molecule has 1 fully saturated rings. The number of nitrogens with one attached hydrogen (secondary N) is 1. The zero-order valence-corrected chi connectivity index (χ0v) is 7.10. The molecular weight excluding hydrogens is 182 g/mol. The van der Waals surface area contributed by atoms with E-state index in [1.807, 2.05) is 0 Å². The maximum absolute atomic E-state index is 10.5. The smallest absolute Gasteiger partial charge is 0.326 e. The van der Waals surface area contributed by atoms with Gasteiger partial charge in [-0.05, 0) is 19.4 Å². The maximum atomic E-state index is 10.5. The molecule has 0 aromatic carbocycles. The highest BCUT2D eigenvalue weighted by Crippen LogP contribution is 2.03. The summed E-state index contributed by atoms with van der Waals surface area (Å²) in [5.41, 5.74) is 0. The van der Waals surface area contributed by atoms with Crippen molar-refractivity contribution in [3.63, 3.8) is 0 Å². The van der Waals surface area contributed by atoms with Crippen LogP contribution in [0.15, 0.2) is 0 Å². The molecule has 0 spiro atoms. The molecule has 1 heterocycles. The fraction of sp³-hybridized carbons (Fsp3) is 0.667. The van der Waals surface area contributed by atoms with E-state index in [9.17, 15) is 13.2 Å². The molecule has 0 saturated carbocycles. The molecular formula is C6H9NO4S. The van der Waals surface area contributed by atoms with E-state index in [4.69, 9.17) is 5.11 Å². The number of carboxylic acids is 1. The quantitative estimate of drug-likeness (QED) is 0.513. The average Bonchev–Trinajstić information content (AvgIpc) is 2.04. The lowest BCUT2D eigenvalue weighted by molar-refractivity contribution is -0.137. The third kappa shape index (κ3) is 1.83. The minimum absolute atomic E-state index is 0.0498. The van der Waals surface area contributed by atoms with E-state index in [1.54, 1.807) is 0 Å². The van der Waals surface area contributed by atoms with Crippen LogP contribution in [0.3, 0.4) is 0 Å². The summed E-state index contributed by atoms with van der Waals surface area (Å²) >= 11 is 0. The van der Waals surface area contributed by atoms with Crippen LogP contribution in [0, 0.1) is 0 Å². The summed E-state index contributed by atoms with van der Waals surface area (Å²) in [7, 11) is -2.38. The van der Waals surface area contributed by atoms with Crippen LogP contribution in [-0.2, 0) is 15.1 Å². The van der Waals surface area contributed by atoms with E-state index in [0.29, 0.717) is 19.4 Å². The van der Waals surface area contributed by atoms with Crippen molar-refractivity contribution in [1.82, 2.24) is 5.32 Å². The first kappa shape index (κ1) is 9.21. The highest BCUT2D eigenvalue weighted by atomic mass is 32.2. The predicted octanol–water partition coefficient (Wildman–Crippen LogP) is -1.13. The van der Waals surface area contributed by atoms with Crippen molar-refractivity contribution in [2.24, 2.45) is 0 Å². The molecule has 0 radical (unpaired) electrons. The number of hydrogen-bond donors (Lipinski definition) is 2. The molecule has 1 unspecified atom stereocenters. The van der Waals surface area contributed by atoms with Crippen molar-refractivity contribution in [1.29, 1.82) is 0 Å². The van der Waals surface area contributed by atoms with Crippen LogP contribution >= 0.6 is 0 Å². The lowest BCUT2D eigenvalue weighted by atomic mass is 10.1. The van der Waals surface area contributed by atoms with Gasteiger partial charge in [-0.2, -0.15) is 8.42 Å². The molecule has 6 heteroatoms. The van der Waals surface area contributed by atoms with E-state index < -0.39 is 22.3 Å². The second-order valence-corrected chi connectivity index (χ2v) is 3.52. The molecule has 0 aromatic heterocycles. The van der Waals surface area contributed by atoms with Crippen molar-refractivity contribution in [2.45, 2.75) is 18.9 Å². The van der Waals surface area contributed by atoms with Crippen LogP contribution in [-0.4, -0.2) is 36.9 Å². The van der Waals surface area contributed by atoms with Gasteiger partial charge in [0.1, 0.15) is 6.04 Å². The molecule has 1 saturated heterocycles. The summed E-state index contributed by atoms with van der Waals surface area (Å²) < 4.78 is 21.1. The number of piperidine rings is 1. The van der Waals surface area contributed by atoms with Gasteiger partial charge in [0, 0.05) is 0 Å². The third-order valence-corrected chi connectivity index (χ3v) is 2.60. The molecule has 68 valence electrons. The van der Waals surface area contributed by atoms with E-state index in [-0.39, 0.29) is 4.86 Å². The molecule has 0 bridgehead atoms. The second kappa shape index (κ2) is 3.68. The van der Waals surface area contributed by atoms with Gasteiger partial charge in [-0.1, -0.05) is 0 Å². The van der Waals surface area contributed by atoms with E-state index >= 15 is 0 Å². The van der Waals surface area contributed by atoms with Gasteiger partial charge in [0.15, 0.2) is 0 Å². The summed E-state index contributed by atoms with van der Waals surface area (Å²) in [5, 5.41) is 11.2. The summed E-state index contributed by atoms with van der Waals surface area (Å²) in [6.45, 7) is 0.553. The Bertz CT molecular complexity index is 310. The first-order valence-electron chi connectivity index (χ1n) is 3.54. The minimum Gasteiger partial charge on any atom is -0.480 e. The van der Waals surface area contributed by atoms with Crippen LogP contribution in [0.5, 0.6) is 0 Å². The van der Waals surface area contributed by atoms with Gasteiger partial charge in [0.25, 0.3) is 0 Å². The van der Waals surface area contributed by atoms with Gasteiger partial charge in [-0.25, -0.2) is 0 Å². The summed E-state index contributed by atoms with van der Waals surface area (Å²) in [6.07, 6.45) is 1.02. The number of aliphatic carboxylic acids is 1. The molecule has 1 rings (SSSR count). The van der Waals surface area contributed by atoms with Gasteiger partial charge in [-0.3, -0.25) is 4.79 Å². The van der Waals surface area contributed by atoms with Gasteiger partial charge < -0.3 is 10.4 Å². The van der Waals surface area contributed by atoms with Crippen LogP contribution in [0.4, 0.5) is 0 Å². The molecule has 2 N–H and O–H groups in total. The minimum atomic E-state index is -2.38. The van der Waals surface area contributed by atoms with Crippen LogP contribution in [0.2, 0.25) is 0 Å². The number of rotatable bonds is 1. The molecule has 1 aliphatic heterocycles. The van der Waals surface area contributed by atoms with Crippen LogP contribution in [0.1, 0.15) is 12.8 Å². The molecule has 12 heavy (non-hydrogen) atoms. The highest BCUT2D eigenvalue weighted by Gasteiger charge is 2.27. The zero-order valence-electron chi connectivity index (χ0n) is 6.28. The molecule has 5 nitrogen and oxygen atoms in total. The van der Waals surface area contributed by atoms with Crippen molar-refractivity contribution >= 4 is 21.1 Å². The van der Waals surface area contributed by atoms with E-state index in [0.717, 1.165) is 0 Å². The fourth-order valence-electron chi connectivity index (χ4n) is 1.17. The van der Waals surface area contributed by atoms with Gasteiger partial charge in [0.2, 0.25) is 10.3 Å². The molecule has 1 atom stereocenters. The number of hydrogen-bond acceptors (Lipinski definition) is 4. The third-order valence-electron chi connectivity index (χ3n) is 1.73. The number of carboxylic acid groups (broad SMARTS) is 1. The first-order valence-corrected chi connectivity index (χ1v) is 4.61. The standard InChI is InChI=1S/C6H9NO4S/c8-6(9)5-4(12(10)11)2-1-3-7-5/h5,7H,1-3H2,(H,8,9). The Morgan fingerprint density at radius 1 is 1.58 bits per heavy atom. The van der Waals surface area contributed by atoms with Crippen LogP contribution in [0.25, 0.3) is 0 Å². The summed E-state index contributed by atoms with van der Waals surface area (Å²) in [4.78, 5) is 10.6. The largest absolute Gasteiger partial charge is 0.480 e. The van der Waals surface area contributed by atoms with Crippen molar-refractivity contribution < 1.29 is 18.3 Å². The van der Waals surface area contributed by atoms with Crippen LogP contribution < -0.4 is 5.32 Å². The van der Waals surface area contributed by atoms with E-state index in [1.165, 1.54) is 0 Å². The lowest BCUT2D eigenvalue weighted by Gasteiger charge is -2.19. The lowest BCUT2D eigenvalue weighted by Crippen LogP contribution is -2.47. The SMILES string of the molecule is O=C(O)C1NCCCC1=S(=O)=O. The average molecular weight is 191 g/mol. The normalized spacial score (nSPS) is 23.7. The Morgan fingerprint density at radius 2 is 2.25 bits per heavy atom. The Morgan fingerprint density at radius 3 is 2.67 bits per heavy atom. The second-order valence-electron chi connectivity index (χ2n) is 2.53. The van der Waals surface area contributed by atoms with E-state index in [2.05, 4.69) is 5.32 Å². The van der Waals surface area contributed by atoms with Crippen molar-refractivity contribution in [2.75, 3.05) is 6.54 Å². The summed E-state index contributed by atoms with van der Waals surface area (Å²) in [5.74, 6) is -1.13. The van der Waals surface area contributed by atoms with Gasteiger partial charge in [-0.15, -0.1) is 0 Å². The topological polar surface area (TPSA) is 83.5 Å². The first-order chi connectivity index (χ1) is 5.63. The Kier molecular flexibility index (Phi) is 2.83. The monoisotopic (exact) mass is 191 g/mol. The Labute approximate surface area is 70.9 Å². The van der Waals surface area contributed by atoms with Crippen molar-refractivity contribution in [3.05, 3.63) is 0 Å². The maximum Gasteiger partial charge on any atom is 0.326 e. The fourth-order valence-corrected chi connectivity index (χ4v) is 1.86. The molecule has 0 aliphatic carbocycles. The zero-order chi connectivity index (χ0) is 9.14. The van der Waals surface area contributed by atoms with Crippen molar-refractivity contribution in [3.8, 4) is 0 Å². The highest BCUT2D eigenvalue weighted by molar-refractivity contribution is 7.73. The Hall–Kier alpha value is -0.880. The molecule has 1 aliphatic rings.